The van der Waals surface area contributed by atoms with Crippen molar-refractivity contribution in [3.05, 3.63) is 29.4 Å². The number of fused-ring (bicyclic) bond motifs is 1. The SMILES string of the molecule is COc1cc2c(cc1OC)S(=O)(=O)N(Cc1nc(C(C)(C)C)no1)C2=O. The summed E-state index contributed by atoms with van der Waals surface area (Å²) in [4.78, 5) is 16.7. The average molecular weight is 381 g/mol. The molecule has 0 atom stereocenters. The van der Waals surface area contributed by atoms with Crippen molar-refractivity contribution in [1.29, 1.82) is 0 Å². The molecule has 2 heterocycles. The molecule has 0 radical (unpaired) electrons. The van der Waals surface area contributed by atoms with Gasteiger partial charge in [-0.15, -0.1) is 0 Å². The molecule has 10 heteroatoms. The molecule has 1 amide bonds. The highest BCUT2D eigenvalue weighted by Gasteiger charge is 2.43. The maximum atomic E-state index is 12.8. The highest BCUT2D eigenvalue weighted by molar-refractivity contribution is 7.90. The zero-order valence-corrected chi connectivity index (χ0v) is 15.9. The summed E-state index contributed by atoms with van der Waals surface area (Å²) in [7, 11) is -1.27. The Balaban J connectivity index is 2.00. The number of benzene rings is 1. The largest absolute Gasteiger partial charge is 0.493 e. The number of hydrogen-bond donors (Lipinski definition) is 0. The number of carbonyl (C=O) groups excluding carboxylic acids is 1. The first-order valence-electron chi connectivity index (χ1n) is 7.75. The first-order chi connectivity index (χ1) is 12.1. The lowest BCUT2D eigenvalue weighted by Crippen LogP contribution is -2.29. The van der Waals surface area contributed by atoms with Gasteiger partial charge in [0.2, 0.25) is 5.89 Å². The predicted molar refractivity (Wildman–Crippen MR) is 89.6 cm³/mol. The van der Waals surface area contributed by atoms with Crippen molar-refractivity contribution in [2.24, 2.45) is 0 Å². The molecule has 9 nitrogen and oxygen atoms in total. The van der Waals surface area contributed by atoms with Crippen LogP contribution in [-0.2, 0) is 22.0 Å². The van der Waals surface area contributed by atoms with Gasteiger partial charge in [-0.25, -0.2) is 12.7 Å². The first kappa shape index (κ1) is 18.2. The summed E-state index contributed by atoms with van der Waals surface area (Å²) < 4.78 is 41.7. The van der Waals surface area contributed by atoms with Crippen LogP contribution in [0.5, 0.6) is 11.5 Å². The standard InChI is InChI=1S/C16H19N3O6S/c1-16(2,3)15-17-13(25-18-15)8-19-14(20)9-6-10(23-4)11(24-5)7-12(9)26(19,21)22/h6-7H,8H2,1-5H3. The number of carbonyl (C=O) groups is 1. The maximum Gasteiger partial charge on any atom is 0.269 e. The van der Waals surface area contributed by atoms with Gasteiger partial charge < -0.3 is 14.0 Å². The number of sulfonamides is 1. The fourth-order valence-electron chi connectivity index (χ4n) is 2.51. The number of methoxy groups -OCH3 is 2. The second-order valence-corrected chi connectivity index (χ2v) is 8.61. The minimum Gasteiger partial charge on any atom is -0.493 e. The van der Waals surface area contributed by atoms with Crippen molar-refractivity contribution in [2.75, 3.05) is 14.2 Å². The highest BCUT2D eigenvalue weighted by Crippen LogP contribution is 2.39. The molecular formula is C16H19N3O6S. The van der Waals surface area contributed by atoms with E-state index in [1.807, 2.05) is 20.8 Å². The zero-order chi connectivity index (χ0) is 19.3. The molecule has 0 saturated heterocycles. The molecule has 0 N–H and O–H groups in total. The van der Waals surface area contributed by atoms with Crippen LogP contribution >= 0.6 is 0 Å². The Hall–Kier alpha value is -2.62. The molecule has 1 aromatic heterocycles. The summed E-state index contributed by atoms with van der Waals surface area (Å²) in [6.07, 6.45) is 0. The number of aromatic nitrogens is 2. The van der Waals surface area contributed by atoms with Crippen molar-refractivity contribution in [3.63, 3.8) is 0 Å². The summed E-state index contributed by atoms with van der Waals surface area (Å²) in [6, 6.07) is 2.62. The van der Waals surface area contributed by atoms with Crippen LogP contribution in [0.2, 0.25) is 0 Å². The van der Waals surface area contributed by atoms with E-state index in [1.54, 1.807) is 0 Å². The Bertz CT molecular complexity index is 974. The molecule has 0 fully saturated rings. The molecule has 0 saturated carbocycles. The number of amides is 1. The topological polar surface area (TPSA) is 112 Å². The molecule has 1 aliphatic heterocycles. The van der Waals surface area contributed by atoms with Gasteiger partial charge in [-0.3, -0.25) is 4.79 Å². The van der Waals surface area contributed by atoms with E-state index in [2.05, 4.69) is 10.1 Å². The van der Waals surface area contributed by atoms with Crippen LogP contribution in [0.1, 0.15) is 42.8 Å². The summed E-state index contributed by atoms with van der Waals surface area (Å²) >= 11 is 0. The number of hydrogen-bond acceptors (Lipinski definition) is 8. The van der Waals surface area contributed by atoms with Crippen LogP contribution in [0, 0.1) is 0 Å². The molecule has 26 heavy (non-hydrogen) atoms. The molecule has 0 bridgehead atoms. The fraction of sp³-hybridized carbons (Fsp3) is 0.438. The summed E-state index contributed by atoms with van der Waals surface area (Å²) in [5.74, 6) is 0.272. The minimum absolute atomic E-state index is 0.0122. The second kappa shape index (κ2) is 5.97. The summed E-state index contributed by atoms with van der Waals surface area (Å²) in [6.45, 7) is 5.35. The van der Waals surface area contributed by atoms with Crippen molar-refractivity contribution < 1.29 is 27.2 Å². The molecule has 1 aromatic carbocycles. The molecule has 2 aromatic rings. The number of rotatable bonds is 4. The third-order valence-electron chi connectivity index (χ3n) is 3.93. The summed E-state index contributed by atoms with van der Waals surface area (Å²) in [5.41, 5.74) is -0.350. The van der Waals surface area contributed by atoms with Crippen molar-refractivity contribution in [1.82, 2.24) is 14.4 Å². The molecule has 3 rings (SSSR count). The molecule has 0 aliphatic carbocycles. The van der Waals surface area contributed by atoms with Crippen molar-refractivity contribution in [3.8, 4) is 11.5 Å². The number of nitrogens with zero attached hydrogens (tertiary/aromatic N) is 3. The third kappa shape index (κ3) is 2.79. The monoisotopic (exact) mass is 381 g/mol. The Morgan fingerprint density at radius 1 is 1.15 bits per heavy atom. The highest BCUT2D eigenvalue weighted by atomic mass is 32.2. The van der Waals surface area contributed by atoms with Gasteiger partial charge in [0.15, 0.2) is 17.3 Å². The van der Waals surface area contributed by atoms with E-state index in [4.69, 9.17) is 14.0 Å². The van der Waals surface area contributed by atoms with E-state index in [1.165, 1.54) is 26.4 Å². The molecule has 0 spiro atoms. The smallest absolute Gasteiger partial charge is 0.269 e. The van der Waals surface area contributed by atoms with Gasteiger partial charge in [0.1, 0.15) is 11.4 Å². The van der Waals surface area contributed by atoms with Gasteiger partial charge >= 0.3 is 0 Å². The van der Waals surface area contributed by atoms with E-state index in [0.717, 1.165) is 0 Å². The van der Waals surface area contributed by atoms with Crippen molar-refractivity contribution in [2.45, 2.75) is 37.6 Å². The third-order valence-corrected chi connectivity index (χ3v) is 5.70. The van der Waals surface area contributed by atoms with Gasteiger partial charge in [-0.05, 0) is 6.07 Å². The molecule has 1 aliphatic rings. The quantitative estimate of drug-likeness (QED) is 0.787. The average Bonchev–Trinajstić information content (AvgIpc) is 3.12. The number of ether oxygens (including phenoxy) is 2. The second-order valence-electron chi connectivity index (χ2n) is 6.78. The first-order valence-corrected chi connectivity index (χ1v) is 9.19. The lowest BCUT2D eigenvalue weighted by molar-refractivity contribution is 0.0854. The minimum atomic E-state index is -4.06. The van der Waals surface area contributed by atoms with Gasteiger partial charge in [-0.1, -0.05) is 25.9 Å². The Labute approximate surface area is 150 Å². The maximum absolute atomic E-state index is 12.8. The zero-order valence-electron chi connectivity index (χ0n) is 15.1. The van der Waals surface area contributed by atoms with Gasteiger partial charge in [0.25, 0.3) is 15.9 Å². The van der Waals surface area contributed by atoms with Crippen LogP contribution in [0.15, 0.2) is 21.6 Å². The molecule has 0 unspecified atom stereocenters. The predicted octanol–water partition coefficient (Wildman–Crippen LogP) is 1.73. The van der Waals surface area contributed by atoms with E-state index >= 15 is 0 Å². The van der Waals surface area contributed by atoms with E-state index in [0.29, 0.717) is 10.1 Å². The fourth-order valence-corrected chi connectivity index (χ4v) is 4.02. The van der Waals surface area contributed by atoms with Crippen LogP contribution in [0.4, 0.5) is 0 Å². The van der Waals surface area contributed by atoms with Crippen LogP contribution < -0.4 is 9.47 Å². The Morgan fingerprint density at radius 2 is 1.77 bits per heavy atom. The Kier molecular flexibility index (Phi) is 4.18. The van der Waals surface area contributed by atoms with Gasteiger partial charge in [0, 0.05) is 11.5 Å². The normalized spacial score (nSPS) is 15.9. The Morgan fingerprint density at radius 3 is 2.31 bits per heavy atom. The molecular weight excluding hydrogens is 362 g/mol. The van der Waals surface area contributed by atoms with E-state index < -0.39 is 15.9 Å². The lowest BCUT2D eigenvalue weighted by atomic mass is 9.96. The summed E-state index contributed by atoms with van der Waals surface area (Å²) in [5, 5.41) is 3.85. The van der Waals surface area contributed by atoms with Gasteiger partial charge in [-0.2, -0.15) is 4.98 Å². The van der Waals surface area contributed by atoms with E-state index in [-0.39, 0.29) is 39.8 Å². The lowest BCUT2D eigenvalue weighted by Gasteiger charge is -2.12. The van der Waals surface area contributed by atoms with Crippen LogP contribution in [0.3, 0.4) is 0 Å². The van der Waals surface area contributed by atoms with Crippen LogP contribution in [0.25, 0.3) is 0 Å². The molecule has 140 valence electrons. The van der Waals surface area contributed by atoms with E-state index in [9.17, 15) is 13.2 Å². The van der Waals surface area contributed by atoms with Crippen molar-refractivity contribution >= 4 is 15.9 Å². The van der Waals surface area contributed by atoms with Crippen LogP contribution in [-0.4, -0.2) is 43.0 Å². The van der Waals surface area contributed by atoms with Gasteiger partial charge in [0.05, 0.1) is 19.8 Å².